The number of rotatable bonds is 19. The molecule has 0 aromatic heterocycles. The largest absolute Gasteiger partial charge is 0.508 e. The second-order valence-electron chi connectivity index (χ2n) is 11.9. The van der Waals surface area contributed by atoms with E-state index in [0.717, 1.165) is 51.4 Å². The second-order valence-corrected chi connectivity index (χ2v) is 11.9. The van der Waals surface area contributed by atoms with Gasteiger partial charge in [-0.2, -0.15) is 0 Å². The first kappa shape index (κ1) is 36.7. The van der Waals surface area contributed by atoms with Crippen molar-refractivity contribution in [3.8, 4) is 5.75 Å². The first-order valence-electron chi connectivity index (χ1n) is 15.5. The van der Waals surface area contributed by atoms with E-state index >= 15 is 0 Å². The highest BCUT2D eigenvalue weighted by molar-refractivity contribution is 5.92. The van der Waals surface area contributed by atoms with E-state index in [0.29, 0.717) is 24.1 Å². The molecular formula is C32H54N4O6. The molecule has 0 aliphatic rings. The summed E-state index contributed by atoms with van der Waals surface area (Å²) in [6.45, 7) is 11.8. The minimum atomic E-state index is -1.14. The van der Waals surface area contributed by atoms with Crippen LogP contribution >= 0.6 is 0 Å². The summed E-state index contributed by atoms with van der Waals surface area (Å²) in [6.07, 6.45) is 7.64. The van der Waals surface area contributed by atoms with Gasteiger partial charge in [0.05, 0.1) is 0 Å². The van der Waals surface area contributed by atoms with Gasteiger partial charge in [-0.25, -0.2) is 4.79 Å². The lowest BCUT2D eigenvalue weighted by Gasteiger charge is -2.35. The molecule has 0 fully saturated rings. The van der Waals surface area contributed by atoms with Crippen molar-refractivity contribution >= 4 is 23.8 Å². The Kier molecular flexibility index (Phi) is 16.6. The van der Waals surface area contributed by atoms with Crippen LogP contribution in [0.15, 0.2) is 18.2 Å². The quantitative estimate of drug-likeness (QED) is 0.159. The molecule has 1 aromatic rings. The van der Waals surface area contributed by atoms with Crippen LogP contribution in [0.3, 0.4) is 0 Å². The summed E-state index contributed by atoms with van der Waals surface area (Å²) < 4.78 is 5.39. The lowest BCUT2D eigenvalue weighted by atomic mass is 9.98. The average Bonchev–Trinajstić information content (AvgIpc) is 2.90. The zero-order valence-corrected chi connectivity index (χ0v) is 26.6. The van der Waals surface area contributed by atoms with Gasteiger partial charge in [-0.3, -0.25) is 14.4 Å². The van der Waals surface area contributed by atoms with Gasteiger partial charge in [-0.05, 0) is 70.2 Å². The van der Waals surface area contributed by atoms with Gasteiger partial charge >= 0.3 is 6.09 Å². The number of hydrogen-bond acceptors (Lipinski definition) is 6. The average molecular weight is 591 g/mol. The molecule has 10 nitrogen and oxygen atoms in total. The molecule has 10 heteroatoms. The summed E-state index contributed by atoms with van der Waals surface area (Å²) in [7, 11) is 0. The van der Waals surface area contributed by atoms with Crippen LogP contribution in [0, 0.1) is 6.92 Å². The minimum Gasteiger partial charge on any atom is -0.508 e. The Morgan fingerprint density at radius 3 is 2.19 bits per heavy atom. The summed E-state index contributed by atoms with van der Waals surface area (Å²) >= 11 is 0. The van der Waals surface area contributed by atoms with Crippen LogP contribution < -0.4 is 16.4 Å². The summed E-state index contributed by atoms with van der Waals surface area (Å²) in [5, 5.41) is 15.8. The Morgan fingerprint density at radius 1 is 0.976 bits per heavy atom. The molecular weight excluding hydrogens is 536 g/mol. The highest BCUT2D eigenvalue weighted by atomic mass is 16.6. The molecule has 0 radical (unpaired) electrons. The number of aryl methyl sites for hydroxylation is 1. The summed E-state index contributed by atoms with van der Waals surface area (Å²) in [5.74, 6) is -1.38. The van der Waals surface area contributed by atoms with Crippen molar-refractivity contribution in [2.45, 2.75) is 130 Å². The van der Waals surface area contributed by atoms with Crippen molar-refractivity contribution < 1.29 is 29.0 Å². The van der Waals surface area contributed by atoms with Crippen molar-refractivity contribution in [2.75, 3.05) is 13.1 Å². The standard InChI is InChI=1S/C32H54N4O6/c1-7-9-11-12-13-15-21-36(30(40)25(17-19-27(33)38)35-31(41)42-32(4,5)6)28(29(39)34-20-14-10-8-2)24-16-18-26(37)23(3)22-24/h16,18,22,25,28,37H,7-15,17,19-21H2,1-6H3,(H2,33,38)(H,34,39)(H,35,41). The number of benzene rings is 1. The fourth-order valence-electron chi connectivity index (χ4n) is 4.63. The number of aromatic hydroxyl groups is 1. The zero-order valence-electron chi connectivity index (χ0n) is 26.6. The number of amides is 4. The zero-order chi connectivity index (χ0) is 31.7. The summed E-state index contributed by atoms with van der Waals surface area (Å²) in [6, 6.07) is 2.71. The van der Waals surface area contributed by atoms with Gasteiger partial charge in [0, 0.05) is 19.5 Å². The molecule has 4 amide bonds. The molecule has 0 aliphatic heterocycles. The number of unbranched alkanes of at least 4 members (excludes halogenated alkanes) is 7. The number of nitrogens with one attached hydrogen (secondary N) is 2. The normalized spacial score (nSPS) is 12.7. The first-order chi connectivity index (χ1) is 19.8. The topological polar surface area (TPSA) is 151 Å². The first-order valence-corrected chi connectivity index (χ1v) is 15.5. The Bertz CT molecular complexity index is 1010. The van der Waals surface area contributed by atoms with Crippen molar-refractivity contribution in [1.82, 2.24) is 15.5 Å². The molecule has 1 aromatic carbocycles. The number of carbonyl (C=O) groups is 4. The number of hydrogen-bond donors (Lipinski definition) is 4. The Hall–Kier alpha value is -3.30. The lowest BCUT2D eigenvalue weighted by Crippen LogP contribution is -2.53. The van der Waals surface area contributed by atoms with E-state index in [2.05, 4.69) is 24.5 Å². The van der Waals surface area contributed by atoms with E-state index < -0.39 is 35.6 Å². The number of phenols is 1. The van der Waals surface area contributed by atoms with Crippen LogP contribution in [0.25, 0.3) is 0 Å². The van der Waals surface area contributed by atoms with Gasteiger partial charge in [0.1, 0.15) is 23.4 Å². The monoisotopic (exact) mass is 590 g/mol. The number of primary amides is 1. The van der Waals surface area contributed by atoms with Crippen LogP contribution in [-0.2, 0) is 19.1 Å². The van der Waals surface area contributed by atoms with Gasteiger partial charge in [-0.15, -0.1) is 0 Å². The third-order valence-corrected chi connectivity index (χ3v) is 6.88. The molecule has 0 heterocycles. The molecule has 0 saturated heterocycles. The number of phenolic OH excluding ortho intramolecular Hbond substituents is 1. The van der Waals surface area contributed by atoms with Crippen molar-refractivity contribution in [3.63, 3.8) is 0 Å². The summed E-state index contributed by atoms with van der Waals surface area (Å²) in [5.41, 5.74) is 5.71. The number of alkyl carbamates (subject to hydrolysis) is 1. The molecule has 2 unspecified atom stereocenters. The SMILES string of the molecule is CCCCCCCCN(C(=O)C(CCC(N)=O)NC(=O)OC(C)(C)C)C(C(=O)NCCCCC)c1ccc(O)c(C)c1. The molecule has 5 N–H and O–H groups in total. The van der Waals surface area contributed by atoms with Gasteiger partial charge in [0.15, 0.2) is 0 Å². The van der Waals surface area contributed by atoms with Crippen LogP contribution in [0.5, 0.6) is 5.75 Å². The third-order valence-electron chi connectivity index (χ3n) is 6.88. The molecule has 1 rings (SSSR count). The van der Waals surface area contributed by atoms with E-state index in [4.69, 9.17) is 10.5 Å². The third kappa shape index (κ3) is 14.0. The van der Waals surface area contributed by atoms with E-state index in [9.17, 15) is 24.3 Å². The van der Waals surface area contributed by atoms with Crippen molar-refractivity contribution in [1.29, 1.82) is 0 Å². The van der Waals surface area contributed by atoms with Gasteiger partial charge in [0.25, 0.3) is 0 Å². The fourth-order valence-corrected chi connectivity index (χ4v) is 4.63. The van der Waals surface area contributed by atoms with Crippen LogP contribution in [0.2, 0.25) is 0 Å². The van der Waals surface area contributed by atoms with Crippen LogP contribution in [-0.4, -0.2) is 58.6 Å². The van der Waals surface area contributed by atoms with E-state index in [-0.39, 0.29) is 31.0 Å². The van der Waals surface area contributed by atoms with Crippen LogP contribution in [0.4, 0.5) is 4.79 Å². The Labute approximate surface area is 252 Å². The number of nitrogens with zero attached hydrogens (tertiary/aromatic N) is 1. The number of carbonyl (C=O) groups excluding carboxylic acids is 4. The maximum Gasteiger partial charge on any atom is 0.408 e. The van der Waals surface area contributed by atoms with E-state index in [1.54, 1.807) is 39.8 Å². The number of ether oxygens (including phenoxy) is 1. The second kappa shape index (κ2) is 19.0. The lowest BCUT2D eigenvalue weighted by molar-refractivity contribution is -0.142. The molecule has 2 atom stereocenters. The predicted molar refractivity (Wildman–Crippen MR) is 165 cm³/mol. The highest BCUT2D eigenvalue weighted by Crippen LogP contribution is 2.28. The maximum atomic E-state index is 14.2. The van der Waals surface area contributed by atoms with E-state index in [1.807, 2.05) is 0 Å². The minimum absolute atomic E-state index is 0.0418. The number of nitrogens with two attached hydrogens (primary N) is 1. The van der Waals surface area contributed by atoms with Gasteiger partial charge in [-0.1, -0.05) is 64.9 Å². The molecule has 0 saturated carbocycles. The maximum absolute atomic E-state index is 14.2. The molecule has 0 aliphatic carbocycles. The van der Waals surface area contributed by atoms with E-state index in [1.165, 1.54) is 11.0 Å². The van der Waals surface area contributed by atoms with Crippen molar-refractivity contribution in [3.05, 3.63) is 29.3 Å². The molecule has 42 heavy (non-hydrogen) atoms. The predicted octanol–water partition coefficient (Wildman–Crippen LogP) is 5.40. The Morgan fingerprint density at radius 2 is 1.60 bits per heavy atom. The van der Waals surface area contributed by atoms with Crippen LogP contribution in [0.1, 0.15) is 122 Å². The molecule has 0 spiro atoms. The highest BCUT2D eigenvalue weighted by Gasteiger charge is 2.36. The molecule has 0 bridgehead atoms. The van der Waals surface area contributed by atoms with Crippen molar-refractivity contribution in [2.24, 2.45) is 5.73 Å². The summed E-state index contributed by atoms with van der Waals surface area (Å²) in [4.78, 5) is 53.9. The fraction of sp³-hybridized carbons (Fsp3) is 0.688. The van der Waals surface area contributed by atoms with Gasteiger partial charge in [0.2, 0.25) is 17.7 Å². The molecule has 238 valence electrons. The smallest absolute Gasteiger partial charge is 0.408 e. The van der Waals surface area contributed by atoms with Gasteiger partial charge < -0.3 is 31.1 Å². The Balaban J connectivity index is 3.48.